The van der Waals surface area contributed by atoms with Crippen molar-refractivity contribution in [3.8, 4) is 0 Å². The SMILES string of the molecule is OC1CC2(CCCC2)O1. The highest BCUT2D eigenvalue weighted by Crippen LogP contribution is 2.44. The molecule has 0 aromatic rings. The third kappa shape index (κ3) is 0.775. The molecule has 0 aromatic carbocycles. The molecule has 1 aliphatic carbocycles. The van der Waals surface area contributed by atoms with Crippen molar-refractivity contribution >= 4 is 0 Å². The molecular weight excluding hydrogens is 116 g/mol. The van der Waals surface area contributed by atoms with Crippen LogP contribution in [-0.2, 0) is 4.74 Å². The van der Waals surface area contributed by atoms with Crippen LogP contribution >= 0.6 is 0 Å². The van der Waals surface area contributed by atoms with Crippen molar-refractivity contribution in [2.24, 2.45) is 0 Å². The maximum atomic E-state index is 8.85. The molecule has 1 spiro atoms. The lowest BCUT2D eigenvalue weighted by Crippen LogP contribution is -2.48. The number of aliphatic hydroxyl groups excluding tert-OH is 1. The molecule has 2 heteroatoms. The highest BCUT2D eigenvalue weighted by atomic mass is 16.6. The van der Waals surface area contributed by atoms with Crippen LogP contribution in [-0.4, -0.2) is 17.0 Å². The van der Waals surface area contributed by atoms with Gasteiger partial charge in [0.15, 0.2) is 6.29 Å². The summed E-state index contributed by atoms with van der Waals surface area (Å²) < 4.78 is 5.24. The molecule has 9 heavy (non-hydrogen) atoms. The van der Waals surface area contributed by atoms with E-state index in [1.807, 2.05) is 0 Å². The first-order valence-corrected chi connectivity index (χ1v) is 3.67. The predicted molar refractivity (Wildman–Crippen MR) is 32.9 cm³/mol. The first-order valence-electron chi connectivity index (χ1n) is 3.67. The van der Waals surface area contributed by atoms with Crippen LogP contribution in [0.25, 0.3) is 0 Å². The maximum absolute atomic E-state index is 8.85. The van der Waals surface area contributed by atoms with Gasteiger partial charge < -0.3 is 9.84 Å². The molecule has 1 saturated heterocycles. The van der Waals surface area contributed by atoms with Crippen molar-refractivity contribution in [3.05, 3.63) is 0 Å². The van der Waals surface area contributed by atoms with Crippen LogP contribution in [0, 0.1) is 0 Å². The van der Waals surface area contributed by atoms with E-state index in [0.717, 1.165) is 6.42 Å². The predicted octanol–water partition coefficient (Wildman–Crippen LogP) is 1.04. The van der Waals surface area contributed by atoms with Gasteiger partial charge in [-0.3, -0.25) is 0 Å². The summed E-state index contributed by atoms with van der Waals surface area (Å²) >= 11 is 0. The quantitative estimate of drug-likeness (QED) is 0.528. The Hall–Kier alpha value is -0.0800. The van der Waals surface area contributed by atoms with Crippen molar-refractivity contribution in [1.82, 2.24) is 0 Å². The highest BCUT2D eigenvalue weighted by Gasteiger charge is 2.46. The van der Waals surface area contributed by atoms with Crippen molar-refractivity contribution in [2.75, 3.05) is 0 Å². The minimum absolute atomic E-state index is 0.138. The van der Waals surface area contributed by atoms with Crippen molar-refractivity contribution in [3.63, 3.8) is 0 Å². The van der Waals surface area contributed by atoms with E-state index in [0.29, 0.717) is 0 Å². The van der Waals surface area contributed by atoms with Gasteiger partial charge in [0.2, 0.25) is 0 Å². The van der Waals surface area contributed by atoms with E-state index in [1.54, 1.807) is 0 Å². The molecule has 2 fully saturated rings. The van der Waals surface area contributed by atoms with E-state index in [1.165, 1.54) is 25.7 Å². The fraction of sp³-hybridized carbons (Fsp3) is 1.00. The minimum atomic E-state index is -0.442. The van der Waals surface area contributed by atoms with Crippen molar-refractivity contribution in [1.29, 1.82) is 0 Å². The Labute approximate surface area is 54.8 Å². The van der Waals surface area contributed by atoms with E-state index in [2.05, 4.69) is 0 Å². The summed E-state index contributed by atoms with van der Waals surface area (Å²) in [6, 6.07) is 0. The Morgan fingerprint density at radius 3 is 2.33 bits per heavy atom. The number of hydrogen-bond acceptors (Lipinski definition) is 2. The van der Waals surface area contributed by atoms with Gasteiger partial charge in [0, 0.05) is 6.42 Å². The average molecular weight is 128 g/mol. The highest BCUT2D eigenvalue weighted by molar-refractivity contribution is 4.93. The van der Waals surface area contributed by atoms with Gasteiger partial charge in [0.1, 0.15) is 0 Å². The smallest absolute Gasteiger partial charge is 0.158 e. The summed E-state index contributed by atoms with van der Waals surface area (Å²) in [5.41, 5.74) is 0.138. The van der Waals surface area contributed by atoms with Gasteiger partial charge in [-0.2, -0.15) is 0 Å². The molecule has 1 unspecified atom stereocenters. The van der Waals surface area contributed by atoms with Gasteiger partial charge in [-0.25, -0.2) is 0 Å². The molecule has 1 N–H and O–H groups in total. The zero-order valence-corrected chi connectivity index (χ0v) is 5.47. The number of aliphatic hydroxyl groups is 1. The Morgan fingerprint density at radius 2 is 1.89 bits per heavy atom. The molecule has 1 atom stereocenters. The Bertz CT molecular complexity index is 108. The first-order chi connectivity index (χ1) is 4.31. The van der Waals surface area contributed by atoms with E-state index in [4.69, 9.17) is 9.84 Å². The Kier molecular flexibility index (Phi) is 1.08. The molecule has 1 aliphatic heterocycles. The van der Waals surface area contributed by atoms with E-state index < -0.39 is 6.29 Å². The molecule has 2 rings (SSSR count). The van der Waals surface area contributed by atoms with Gasteiger partial charge in [0.25, 0.3) is 0 Å². The van der Waals surface area contributed by atoms with Crippen LogP contribution in [0.4, 0.5) is 0 Å². The van der Waals surface area contributed by atoms with Crippen LogP contribution in [0.2, 0.25) is 0 Å². The minimum Gasteiger partial charge on any atom is -0.368 e. The largest absolute Gasteiger partial charge is 0.368 e. The Balaban J connectivity index is 1.95. The normalized spacial score (nSPS) is 39.0. The zero-order chi connectivity index (χ0) is 6.32. The van der Waals surface area contributed by atoms with Crippen molar-refractivity contribution in [2.45, 2.75) is 44.0 Å². The summed E-state index contributed by atoms with van der Waals surface area (Å²) in [7, 11) is 0. The monoisotopic (exact) mass is 128 g/mol. The van der Waals surface area contributed by atoms with Crippen LogP contribution in [0.1, 0.15) is 32.1 Å². The molecule has 2 nitrogen and oxygen atoms in total. The molecule has 0 radical (unpaired) electrons. The second kappa shape index (κ2) is 1.70. The van der Waals surface area contributed by atoms with Gasteiger partial charge in [-0.05, 0) is 12.8 Å². The zero-order valence-electron chi connectivity index (χ0n) is 5.47. The molecule has 1 saturated carbocycles. The van der Waals surface area contributed by atoms with E-state index in [-0.39, 0.29) is 5.60 Å². The van der Waals surface area contributed by atoms with Crippen molar-refractivity contribution < 1.29 is 9.84 Å². The first kappa shape index (κ1) is 5.69. The summed E-state index contributed by atoms with van der Waals surface area (Å²) in [5, 5.41) is 8.85. The molecule has 52 valence electrons. The van der Waals surface area contributed by atoms with Gasteiger partial charge in [-0.1, -0.05) is 12.8 Å². The second-order valence-corrected chi connectivity index (χ2v) is 3.17. The van der Waals surface area contributed by atoms with Gasteiger partial charge >= 0.3 is 0 Å². The average Bonchev–Trinajstić information content (AvgIpc) is 2.12. The third-order valence-electron chi connectivity index (χ3n) is 2.45. The lowest BCUT2D eigenvalue weighted by molar-refractivity contribution is -0.287. The van der Waals surface area contributed by atoms with E-state index >= 15 is 0 Å². The third-order valence-corrected chi connectivity index (χ3v) is 2.45. The fourth-order valence-electron chi connectivity index (χ4n) is 1.94. The number of hydrogen-bond donors (Lipinski definition) is 1. The molecule has 2 aliphatic rings. The van der Waals surface area contributed by atoms with E-state index in [9.17, 15) is 0 Å². The standard InChI is InChI=1S/C7H12O2/c8-6-5-7(9-6)3-1-2-4-7/h6,8H,1-5H2. The van der Waals surface area contributed by atoms with Gasteiger partial charge in [0.05, 0.1) is 5.60 Å². The maximum Gasteiger partial charge on any atom is 0.158 e. The second-order valence-electron chi connectivity index (χ2n) is 3.17. The topological polar surface area (TPSA) is 29.5 Å². The lowest BCUT2D eigenvalue weighted by atomic mass is 9.92. The van der Waals surface area contributed by atoms with Crippen LogP contribution in [0.3, 0.4) is 0 Å². The summed E-state index contributed by atoms with van der Waals surface area (Å²) in [4.78, 5) is 0. The van der Waals surface area contributed by atoms with Crippen LogP contribution in [0.15, 0.2) is 0 Å². The molecule has 0 bridgehead atoms. The molecule has 0 aromatic heterocycles. The summed E-state index contributed by atoms with van der Waals surface area (Å²) in [5.74, 6) is 0. The Morgan fingerprint density at radius 1 is 1.33 bits per heavy atom. The molecular formula is C7H12O2. The fourth-order valence-corrected chi connectivity index (χ4v) is 1.94. The van der Waals surface area contributed by atoms with Crippen LogP contribution in [0.5, 0.6) is 0 Å². The summed E-state index contributed by atoms with van der Waals surface area (Å²) in [6.07, 6.45) is 5.35. The molecule has 1 heterocycles. The van der Waals surface area contributed by atoms with Crippen LogP contribution < -0.4 is 0 Å². The van der Waals surface area contributed by atoms with Gasteiger partial charge in [-0.15, -0.1) is 0 Å². The lowest BCUT2D eigenvalue weighted by Gasteiger charge is -2.42. The summed E-state index contributed by atoms with van der Waals surface area (Å²) in [6.45, 7) is 0. The molecule has 0 amide bonds. The number of ether oxygens (including phenoxy) is 1. The number of rotatable bonds is 0.